The van der Waals surface area contributed by atoms with Crippen LogP contribution in [0.3, 0.4) is 0 Å². The van der Waals surface area contributed by atoms with Crippen molar-refractivity contribution < 1.29 is 29.3 Å². The summed E-state index contributed by atoms with van der Waals surface area (Å²) in [5.41, 5.74) is -1.55. The number of rotatable bonds is 3. The van der Waals surface area contributed by atoms with Crippen LogP contribution in [0.2, 0.25) is 0 Å². The monoisotopic (exact) mass is 441 g/mol. The van der Waals surface area contributed by atoms with Crippen molar-refractivity contribution in [2.45, 2.75) is 98.1 Å². The fourth-order valence-corrected chi connectivity index (χ4v) is 4.67. The Balaban J connectivity index is 3.53. The molecule has 2 unspecified atom stereocenters. The quantitative estimate of drug-likeness (QED) is 0.515. The number of ketones is 1. The van der Waals surface area contributed by atoms with Gasteiger partial charge in [0.2, 0.25) is 0 Å². The van der Waals surface area contributed by atoms with Crippen LogP contribution >= 0.6 is 0 Å². The van der Waals surface area contributed by atoms with Gasteiger partial charge in [-0.1, -0.05) is 27.7 Å². The van der Waals surface area contributed by atoms with E-state index >= 15 is 0 Å². The number of hydrogen-bond acceptors (Lipinski definition) is 7. The average molecular weight is 442 g/mol. The third kappa shape index (κ3) is 6.14. The number of nitrogens with zero attached hydrogens (tertiary/aromatic N) is 1. The summed E-state index contributed by atoms with van der Waals surface area (Å²) in [4.78, 5) is 30.2. The molecule has 8 atom stereocenters. The second-order valence-electron chi connectivity index (χ2n) is 9.61. The Morgan fingerprint density at radius 1 is 1.16 bits per heavy atom. The van der Waals surface area contributed by atoms with Crippen LogP contribution in [0.25, 0.3) is 0 Å². The van der Waals surface area contributed by atoms with Crippen molar-refractivity contribution in [3.05, 3.63) is 0 Å². The molecular weight excluding hydrogens is 398 g/mol. The maximum atomic E-state index is 12.8. The van der Waals surface area contributed by atoms with Gasteiger partial charge in [0, 0.05) is 31.7 Å². The molecule has 0 spiro atoms. The normalized spacial score (nSPS) is 42.9. The van der Waals surface area contributed by atoms with Gasteiger partial charge in [0.15, 0.2) is 0 Å². The van der Waals surface area contributed by atoms with Gasteiger partial charge in [-0.3, -0.25) is 14.6 Å². The van der Waals surface area contributed by atoms with Gasteiger partial charge in [0.05, 0.1) is 11.7 Å². The van der Waals surface area contributed by atoms with E-state index < -0.39 is 41.2 Å². The van der Waals surface area contributed by atoms with Crippen molar-refractivity contribution in [2.24, 2.45) is 28.7 Å². The van der Waals surface area contributed by atoms with Gasteiger partial charge < -0.3 is 19.7 Å². The molecule has 0 saturated carbocycles. The molecule has 2 N–H and O–H groups in total. The van der Waals surface area contributed by atoms with Crippen molar-refractivity contribution in [2.75, 3.05) is 13.7 Å². The van der Waals surface area contributed by atoms with Crippen LogP contribution in [0, 0.1) is 23.7 Å². The van der Waals surface area contributed by atoms with E-state index in [1.54, 1.807) is 14.0 Å². The summed E-state index contributed by atoms with van der Waals surface area (Å²) < 4.78 is 11.4. The molecule has 0 radical (unpaired) electrons. The molecule has 1 saturated heterocycles. The summed E-state index contributed by atoms with van der Waals surface area (Å²) in [6, 6.07) is 0. The Hall–Kier alpha value is -1.31. The molecule has 1 heterocycles. The Morgan fingerprint density at radius 3 is 2.23 bits per heavy atom. The maximum absolute atomic E-state index is 12.8. The highest BCUT2D eigenvalue weighted by Crippen LogP contribution is 2.36. The third-order valence-corrected chi connectivity index (χ3v) is 7.23. The van der Waals surface area contributed by atoms with Gasteiger partial charge in [-0.05, 0) is 52.4 Å². The third-order valence-electron chi connectivity index (χ3n) is 7.23. The van der Waals surface area contributed by atoms with Crippen LogP contribution in [0.4, 0.5) is 0 Å². The summed E-state index contributed by atoms with van der Waals surface area (Å²) in [7, 11) is 1.63. The molecular formula is C24H43NO6. The minimum atomic E-state index is -1.71. The zero-order chi connectivity index (χ0) is 24.1. The average Bonchev–Trinajstić information content (AvgIpc) is 2.72. The molecule has 1 aliphatic rings. The molecule has 1 aliphatic heterocycles. The first-order valence-corrected chi connectivity index (χ1v) is 11.5. The molecule has 7 nitrogen and oxygen atoms in total. The second-order valence-corrected chi connectivity index (χ2v) is 9.61. The van der Waals surface area contributed by atoms with Gasteiger partial charge in [0.25, 0.3) is 0 Å². The zero-order valence-electron chi connectivity index (χ0n) is 20.8. The lowest BCUT2D eigenvalue weighted by Crippen LogP contribution is -2.56. The van der Waals surface area contributed by atoms with E-state index in [-0.39, 0.29) is 24.0 Å². The van der Waals surface area contributed by atoms with Gasteiger partial charge >= 0.3 is 5.97 Å². The van der Waals surface area contributed by atoms with Crippen LogP contribution < -0.4 is 0 Å². The van der Waals surface area contributed by atoms with E-state index in [0.717, 1.165) is 5.71 Å². The Morgan fingerprint density at radius 2 is 1.74 bits per heavy atom. The topological polar surface area (TPSA) is 105 Å². The van der Waals surface area contributed by atoms with Crippen LogP contribution in [0.15, 0.2) is 4.99 Å². The number of carbonyl (C=O) groups is 2. The van der Waals surface area contributed by atoms with Crippen molar-refractivity contribution in [1.82, 2.24) is 0 Å². The molecule has 0 amide bonds. The van der Waals surface area contributed by atoms with E-state index in [1.165, 1.54) is 13.8 Å². The molecule has 180 valence electrons. The summed E-state index contributed by atoms with van der Waals surface area (Å²) in [5, 5.41) is 22.4. The van der Waals surface area contributed by atoms with Crippen molar-refractivity contribution >= 4 is 17.5 Å². The first-order chi connectivity index (χ1) is 14.3. The first-order valence-electron chi connectivity index (χ1n) is 11.5. The predicted octanol–water partition coefficient (Wildman–Crippen LogP) is 3.19. The molecule has 1 rings (SSSR count). The van der Waals surface area contributed by atoms with E-state index in [4.69, 9.17) is 9.47 Å². The number of carbonyl (C=O) groups excluding carboxylic acids is 2. The van der Waals surface area contributed by atoms with Gasteiger partial charge in [-0.25, -0.2) is 0 Å². The highest BCUT2D eigenvalue weighted by atomic mass is 16.6. The van der Waals surface area contributed by atoms with Crippen LogP contribution in [-0.2, 0) is 19.1 Å². The Labute approximate surface area is 187 Å². The van der Waals surface area contributed by atoms with Crippen LogP contribution in [0.5, 0.6) is 0 Å². The van der Waals surface area contributed by atoms with E-state index in [2.05, 4.69) is 4.99 Å². The second kappa shape index (κ2) is 11.0. The first kappa shape index (κ1) is 27.7. The summed E-state index contributed by atoms with van der Waals surface area (Å²) in [6.07, 6.45) is -1.09. The largest absolute Gasteiger partial charge is 0.459 e. The van der Waals surface area contributed by atoms with Gasteiger partial charge in [-0.15, -0.1) is 0 Å². The number of Topliss-reactive ketones (excluding diaryl/α,β-unsaturated/α-hetero) is 1. The molecule has 0 bridgehead atoms. The minimum absolute atomic E-state index is 0.0501. The number of methoxy groups -OCH3 is 1. The highest BCUT2D eigenvalue weighted by Gasteiger charge is 2.47. The standard InChI is InChI=1S/C24H43NO6/c1-10-19-24(8,29)21(27)17(6)20(25-11-2)14(3)13-23(7,30-9)15(4)12-18(26)16(5)22(28)31-19/h14-17,19,21,27,29H,10-13H2,1-9H3/t14-,15-,16-,17?,19-,21?,23-,24-/m1/s1. The maximum Gasteiger partial charge on any atom is 0.316 e. The van der Waals surface area contributed by atoms with Crippen LogP contribution in [0.1, 0.15) is 74.7 Å². The lowest BCUT2D eigenvalue weighted by Gasteiger charge is -2.42. The number of aliphatic hydroxyl groups is 2. The number of cyclic esters (lactones) is 1. The van der Waals surface area contributed by atoms with Crippen molar-refractivity contribution in [1.29, 1.82) is 0 Å². The Kier molecular flexibility index (Phi) is 9.85. The molecule has 0 aromatic rings. The molecule has 7 heteroatoms. The summed E-state index contributed by atoms with van der Waals surface area (Å²) in [6.45, 7) is 15.0. The van der Waals surface area contributed by atoms with E-state index in [1.807, 2.05) is 34.6 Å². The minimum Gasteiger partial charge on any atom is -0.459 e. The lowest BCUT2D eigenvalue weighted by molar-refractivity contribution is -0.186. The summed E-state index contributed by atoms with van der Waals surface area (Å²) in [5.74, 6) is -2.52. The predicted molar refractivity (Wildman–Crippen MR) is 121 cm³/mol. The number of esters is 1. The van der Waals surface area contributed by atoms with E-state index in [0.29, 0.717) is 19.4 Å². The van der Waals surface area contributed by atoms with Gasteiger partial charge in [-0.2, -0.15) is 0 Å². The zero-order valence-corrected chi connectivity index (χ0v) is 20.8. The molecule has 0 aliphatic carbocycles. The number of aliphatic imine (C=N–C) groups is 1. The van der Waals surface area contributed by atoms with Crippen LogP contribution in [-0.4, -0.2) is 64.7 Å². The fraction of sp³-hybridized carbons (Fsp3) is 0.875. The number of aliphatic hydroxyl groups excluding tert-OH is 1. The van der Waals surface area contributed by atoms with Crippen molar-refractivity contribution in [3.8, 4) is 0 Å². The highest BCUT2D eigenvalue weighted by molar-refractivity contribution is 5.98. The summed E-state index contributed by atoms with van der Waals surface area (Å²) >= 11 is 0. The SMILES string of the molecule is CCN=C1C(C)C(O)[C@](C)(O)[C@@H](CC)OC(=O)[C@H](C)C(=O)C[C@@H](C)[C@](C)(OC)C[C@H]1C. The lowest BCUT2D eigenvalue weighted by atomic mass is 9.73. The van der Waals surface area contributed by atoms with E-state index in [9.17, 15) is 19.8 Å². The number of hydrogen-bond donors (Lipinski definition) is 2. The van der Waals surface area contributed by atoms with Gasteiger partial charge in [0.1, 0.15) is 23.4 Å². The smallest absolute Gasteiger partial charge is 0.316 e. The molecule has 31 heavy (non-hydrogen) atoms. The molecule has 1 fully saturated rings. The Bertz CT molecular complexity index is 660. The van der Waals surface area contributed by atoms with Crippen molar-refractivity contribution in [3.63, 3.8) is 0 Å². The fourth-order valence-electron chi connectivity index (χ4n) is 4.67. The number of ether oxygens (including phenoxy) is 2. The molecule has 0 aromatic carbocycles. The molecule has 0 aromatic heterocycles.